The number of hydrogen-bond acceptors (Lipinski definition) is 3. The number of fused-ring (bicyclic) bond motifs is 1. The summed E-state index contributed by atoms with van der Waals surface area (Å²) in [4.78, 5) is 10.1. The topological polar surface area (TPSA) is 25.8 Å². The van der Waals surface area contributed by atoms with Crippen LogP contribution in [0.15, 0.2) is 33.9 Å². The number of pyridine rings is 2. The van der Waals surface area contributed by atoms with Crippen LogP contribution in [0, 0.1) is 5.92 Å². The summed E-state index contributed by atoms with van der Waals surface area (Å²) < 4.78 is 0.987. The molecule has 4 heteroatoms. The molecule has 1 saturated carbocycles. The van der Waals surface area contributed by atoms with Crippen LogP contribution in [-0.2, 0) is 0 Å². The van der Waals surface area contributed by atoms with Gasteiger partial charge in [-0.1, -0.05) is 12.8 Å². The van der Waals surface area contributed by atoms with Gasteiger partial charge in [-0.3, -0.25) is 9.97 Å². The number of thioether (sulfide) groups is 1. The van der Waals surface area contributed by atoms with Crippen molar-refractivity contribution < 1.29 is 0 Å². The molecule has 1 aliphatic carbocycles. The molecule has 0 spiro atoms. The highest BCUT2D eigenvalue weighted by Gasteiger charge is 2.15. The van der Waals surface area contributed by atoms with E-state index < -0.39 is 0 Å². The van der Waals surface area contributed by atoms with Crippen LogP contribution in [0.2, 0.25) is 0 Å². The van der Waals surface area contributed by atoms with E-state index in [-0.39, 0.29) is 0 Å². The van der Waals surface area contributed by atoms with Crippen LogP contribution in [0.5, 0.6) is 0 Å². The number of nitrogens with zero attached hydrogens (tertiary/aromatic N) is 2. The molecule has 18 heavy (non-hydrogen) atoms. The second-order valence-corrected chi connectivity index (χ2v) is 6.77. The molecular formula is C14H15BrN2S. The lowest BCUT2D eigenvalue weighted by molar-refractivity contribution is 0.623. The minimum absolute atomic E-state index is 0.897. The zero-order valence-electron chi connectivity index (χ0n) is 10.1. The first kappa shape index (κ1) is 12.4. The first-order valence-electron chi connectivity index (χ1n) is 6.36. The van der Waals surface area contributed by atoms with Crippen molar-refractivity contribution in [3.63, 3.8) is 0 Å². The Kier molecular flexibility index (Phi) is 3.85. The van der Waals surface area contributed by atoms with E-state index in [1.807, 2.05) is 30.2 Å². The lowest BCUT2D eigenvalue weighted by Gasteiger charge is -2.09. The molecule has 0 saturated heterocycles. The average molecular weight is 323 g/mol. The van der Waals surface area contributed by atoms with Crippen LogP contribution >= 0.6 is 27.7 Å². The van der Waals surface area contributed by atoms with Gasteiger partial charge in [0.15, 0.2) is 0 Å². The largest absolute Gasteiger partial charge is 0.254 e. The third-order valence-electron chi connectivity index (χ3n) is 3.46. The first-order chi connectivity index (χ1) is 8.83. The van der Waals surface area contributed by atoms with E-state index in [4.69, 9.17) is 0 Å². The van der Waals surface area contributed by atoms with Crippen molar-refractivity contribution in [2.45, 2.75) is 30.6 Å². The Bertz CT molecular complexity index is 552. The fourth-order valence-corrected chi connectivity index (χ4v) is 4.00. The third kappa shape index (κ3) is 2.69. The number of halogens is 1. The Labute approximate surface area is 120 Å². The van der Waals surface area contributed by atoms with Gasteiger partial charge in [0.2, 0.25) is 0 Å². The van der Waals surface area contributed by atoms with Crippen molar-refractivity contribution in [1.82, 2.24) is 9.97 Å². The Balaban J connectivity index is 1.82. The molecule has 3 rings (SSSR count). The Morgan fingerprint density at radius 3 is 2.94 bits per heavy atom. The standard InChI is InChI=1S/C14H15BrN2S/c15-11-7-12-14(17-8-11)13(5-6-16-12)18-9-10-3-1-2-4-10/h5-8,10H,1-4,9H2. The Morgan fingerprint density at radius 1 is 1.28 bits per heavy atom. The van der Waals surface area contributed by atoms with Gasteiger partial charge < -0.3 is 0 Å². The molecule has 0 N–H and O–H groups in total. The van der Waals surface area contributed by atoms with Gasteiger partial charge in [0.25, 0.3) is 0 Å². The summed E-state index contributed by atoms with van der Waals surface area (Å²) >= 11 is 5.38. The molecule has 0 bridgehead atoms. The second-order valence-electron chi connectivity index (χ2n) is 4.79. The first-order valence-corrected chi connectivity index (χ1v) is 8.14. The highest BCUT2D eigenvalue weighted by molar-refractivity contribution is 9.10. The van der Waals surface area contributed by atoms with E-state index in [9.17, 15) is 0 Å². The highest BCUT2D eigenvalue weighted by Crippen LogP contribution is 2.33. The van der Waals surface area contributed by atoms with E-state index in [0.29, 0.717) is 0 Å². The van der Waals surface area contributed by atoms with E-state index in [1.165, 1.54) is 36.3 Å². The Hall–Kier alpha value is -0.610. The quantitative estimate of drug-likeness (QED) is 0.767. The SMILES string of the molecule is Brc1cnc2c(SCC3CCCC3)ccnc2c1. The van der Waals surface area contributed by atoms with E-state index >= 15 is 0 Å². The lowest BCUT2D eigenvalue weighted by Crippen LogP contribution is -1.97. The fraction of sp³-hybridized carbons (Fsp3) is 0.429. The summed E-state index contributed by atoms with van der Waals surface area (Å²) in [5.41, 5.74) is 2.00. The van der Waals surface area contributed by atoms with E-state index in [2.05, 4.69) is 32.0 Å². The van der Waals surface area contributed by atoms with Crippen molar-refractivity contribution >= 4 is 38.7 Å². The molecule has 0 atom stereocenters. The molecular weight excluding hydrogens is 308 g/mol. The summed E-state index contributed by atoms with van der Waals surface area (Å²) in [5, 5.41) is 0. The zero-order valence-corrected chi connectivity index (χ0v) is 12.5. The summed E-state index contributed by atoms with van der Waals surface area (Å²) in [5.74, 6) is 2.12. The smallest absolute Gasteiger partial charge is 0.102 e. The molecule has 0 unspecified atom stereocenters. The molecule has 0 radical (unpaired) electrons. The minimum atomic E-state index is 0.897. The molecule has 2 nitrogen and oxygen atoms in total. The number of rotatable bonds is 3. The molecule has 2 aromatic heterocycles. The molecule has 2 heterocycles. The maximum absolute atomic E-state index is 4.50. The Morgan fingerprint density at radius 2 is 2.11 bits per heavy atom. The van der Waals surface area contributed by atoms with Crippen LogP contribution < -0.4 is 0 Å². The van der Waals surface area contributed by atoms with Crippen LogP contribution in [-0.4, -0.2) is 15.7 Å². The maximum Gasteiger partial charge on any atom is 0.102 e. The minimum Gasteiger partial charge on any atom is -0.254 e. The lowest BCUT2D eigenvalue weighted by atomic mass is 10.1. The molecule has 1 fully saturated rings. The van der Waals surface area contributed by atoms with Gasteiger partial charge in [0.1, 0.15) is 5.52 Å². The third-order valence-corrected chi connectivity index (χ3v) is 5.17. The van der Waals surface area contributed by atoms with Gasteiger partial charge >= 0.3 is 0 Å². The number of hydrogen-bond donors (Lipinski definition) is 0. The predicted molar refractivity (Wildman–Crippen MR) is 79.9 cm³/mol. The van der Waals surface area contributed by atoms with Crippen molar-refractivity contribution in [2.24, 2.45) is 5.92 Å². The summed E-state index contributed by atoms with van der Waals surface area (Å²) in [7, 11) is 0. The van der Waals surface area contributed by atoms with Crippen LogP contribution in [0.4, 0.5) is 0 Å². The van der Waals surface area contributed by atoms with Crippen molar-refractivity contribution in [3.05, 3.63) is 29.0 Å². The molecule has 1 aliphatic rings. The summed E-state index contributed by atoms with van der Waals surface area (Å²) in [6.07, 6.45) is 9.35. The molecule has 0 amide bonds. The van der Waals surface area contributed by atoms with Crippen LogP contribution in [0.25, 0.3) is 11.0 Å². The van der Waals surface area contributed by atoms with Crippen molar-refractivity contribution in [1.29, 1.82) is 0 Å². The molecule has 0 aliphatic heterocycles. The molecule has 2 aromatic rings. The predicted octanol–water partition coefficient (Wildman–Crippen LogP) is 4.67. The van der Waals surface area contributed by atoms with Crippen molar-refractivity contribution in [3.8, 4) is 0 Å². The van der Waals surface area contributed by atoms with Gasteiger partial charge in [0, 0.05) is 27.5 Å². The maximum atomic E-state index is 4.50. The molecule has 94 valence electrons. The van der Waals surface area contributed by atoms with Gasteiger partial charge in [0.05, 0.1) is 5.52 Å². The van der Waals surface area contributed by atoms with Gasteiger partial charge in [-0.05, 0) is 46.8 Å². The zero-order chi connectivity index (χ0) is 12.4. The monoisotopic (exact) mass is 322 g/mol. The molecule has 0 aromatic carbocycles. The average Bonchev–Trinajstić information content (AvgIpc) is 2.89. The number of aromatic nitrogens is 2. The van der Waals surface area contributed by atoms with Crippen LogP contribution in [0.1, 0.15) is 25.7 Å². The van der Waals surface area contributed by atoms with Gasteiger partial charge in [-0.15, -0.1) is 11.8 Å². The summed E-state index contributed by atoms with van der Waals surface area (Å²) in [6, 6.07) is 4.12. The van der Waals surface area contributed by atoms with E-state index in [0.717, 1.165) is 21.4 Å². The fourth-order valence-electron chi connectivity index (χ4n) is 2.48. The van der Waals surface area contributed by atoms with Crippen LogP contribution in [0.3, 0.4) is 0 Å². The second kappa shape index (κ2) is 5.57. The highest BCUT2D eigenvalue weighted by atomic mass is 79.9. The van der Waals surface area contributed by atoms with Gasteiger partial charge in [-0.25, -0.2) is 0 Å². The van der Waals surface area contributed by atoms with Crippen molar-refractivity contribution in [2.75, 3.05) is 5.75 Å². The van der Waals surface area contributed by atoms with Gasteiger partial charge in [-0.2, -0.15) is 0 Å². The normalized spacial score (nSPS) is 16.5. The van der Waals surface area contributed by atoms with E-state index in [1.54, 1.807) is 0 Å². The summed E-state index contributed by atoms with van der Waals surface area (Å²) in [6.45, 7) is 0.